The molecule has 0 aliphatic heterocycles. The lowest BCUT2D eigenvalue weighted by Gasteiger charge is -2.06. The molecule has 1 N–H and O–H groups in total. The second kappa shape index (κ2) is 8.51. The highest BCUT2D eigenvalue weighted by molar-refractivity contribution is 6.11. The van der Waals surface area contributed by atoms with Gasteiger partial charge in [-0.25, -0.2) is 0 Å². The quantitative estimate of drug-likeness (QED) is 0.460. The van der Waals surface area contributed by atoms with Crippen LogP contribution in [0.4, 0.5) is 0 Å². The van der Waals surface area contributed by atoms with Crippen LogP contribution in [0.25, 0.3) is 0 Å². The van der Waals surface area contributed by atoms with E-state index in [1.54, 1.807) is 18.6 Å². The Kier molecular flexibility index (Phi) is 6.04. The van der Waals surface area contributed by atoms with E-state index in [2.05, 4.69) is 15.1 Å². The van der Waals surface area contributed by atoms with Crippen molar-refractivity contribution in [2.45, 2.75) is 19.3 Å². The number of benzene rings is 1. The molecule has 22 heavy (non-hydrogen) atoms. The van der Waals surface area contributed by atoms with Crippen LogP contribution in [0.15, 0.2) is 54.1 Å². The van der Waals surface area contributed by atoms with Crippen LogP contribution in [0.5, 0.6) is 0 Å². The van der Waals surface area contributed by atoms with E-state index in [1.165, 1.54) is 0 Å². The summed E-state index contributed by atoms with van der Waals surface area (Å²) in [6, 6.07) is 9.58. The molecule has 1 aromatic carbocycles. The van der Waals surface area contributed by atoms with E-state index in [0.29, 0.717) is 30.9 Å². The number of carboxylic acids is 1. The summed E-state index contributed by atoms with van der Waals surface area (Å²) in [5.41, 5.74) is 2.11. The zero-order valence-corrected chi connectivity index (χ0v) is 12.1. The molecule has 2 rings (SSSR count). The first kappa shape index (κ1) is 15.6. The van der Waals surface area contributed by atoms with Gasteiger partial charge in [-0.05, 0) is 12.8 Å². The molecule has 0 saturated heterocycles. The normalized spacial score (nSPS) is 11.2. The summed E-state index contributed by atoms with van der Waals surface area (Å²) in [6.07, 6.45) is 6.16. The molecule has 0 fully saturated rings. The fraction of sp³-hybridized carbons (Fsp3) is 0.250. The topological polar surface area (TPSA) is 84.7 Å². The third-order valence-corrected chi connectivity index (χ3v) is 2.89. The van der Waals surface area contributed by atoms with Gasteiger partial charge in [0.1, 0.15) is 18.0 Å². The summed E-state index contributed by atoms with van der Waals surface area (Å²) < 4.78 is 0. The van der Waals surface area contributed by atoms with E-state index in [9.17, 15) is 4.79 Å². The Morgan fingerprint density at radius 3 is 2.68 bits per heavy atom. The van der Waals surface area contributed by atoms with Crippen LogP contribution in [0.2, 0.25) is 0 Å². The van der Waals surface area contributed by atoms with Crippen molar-refractivity contribution in [3.8, 4) is 0 Å². The highest BCUT2D eigenvalue weighted by atomic mass is 16.6. The van der Waals surface area contributed by atoms with Crippen LogP contribution in [0.3, 0.4) is 0 Å². The number of hydrogen-bond donors (Lipinski definition) is 1. The Bertz CT molecular complexity index is 574. The molecule has 0 spiro atoms. The van der Waals surface area contributed by atoms with Crippen molar-refractivity contribution in [1.82, 2.24) is 9.97 Å². The van der Waals surface area contributed by atoms with Gasteiger partial charge in [0.05, 0.1) is 6.20 Å². The number of carboxylic acid groups (broad SMARTS) is 1. The van der Waals surface area contributed by atoms with E-state index in [0.717, 1.165) is 5.56 Å². The smallest absolute Gasteiger partial charge is 0.303 e. The number of aliphatic carboxylic acids is 1. The average molecular weight is 299 g/mol. The molecule has 6 heteroatoms. The molecule has 0 amide bonds. The Balaban J connectivity index is 2.02. The molecule has 0 atom stereocenters. The van der Waals surface area contributed by atoms with E-state index in [-0.39, 0.29) is 6.42 Å². The molecule has 0 aliphatic rings. The van der Waals surface area contributed by atoms with Crippen molar-refractivity contribution < 1.29 is 14.7 Å². The van der Waals surface area contributed by atoms with Crippen molar-refractivity contribution in [1.29, 1.82) is 0 Å². The van der Waals surface area contributed by atoms with Gasteiger partial charge < -0.3 is 9.94 Å². The first-order chi connectivity index (χ1) is 10.8. The molecule has 0 radical (unpaired) electrons. The van der Waals surface area contributed by atoms with Gasteiger partial charge in [0, 0.05) is 24.4 Å². The summed E-state index contributed by atoms with van der Waals surface area (Å²) in [7, 11) is 0. The van der Waals surface area contributed by atoms with Gasteiger partial charge in [0.25, 0.3) is 0 Å². The minimum atomic E-state index is -0.798. The van der Waals surface area contributed by atoms with Gasteiger partial charge in [-0.2, -0.15) is 0 Å². The van der Waals surface area contributed by atoms with Gasteiger partial charge in [-0.1, -0.05) is 35.5 Å². The van der Waals surface area contributed by atoms with E-state index >= 15 is 0 Å². The van der Waals surface area contributed by atoms with Crippen LogP contribution >= 0.6 is 0 Å². The standard InChI is InChI=1S/C16H17N3O3/c20-15(21)8-4-5-11-22-19-16(13-6-2-1-3-7-13)14-12-17-9-10-18-14/h1-3,6-7,9-10,12H,4-5,8,11H2,(H,20,21)/b19-16+. The third kappa shape index (κ3) is 4.97. The maximum atomic E-state index is 10.4. The molecule has 1 heterocycles. The van der Waals surface area contributed by atoms with Crippen LogP contribution in [0.1, 0.15) is 30.5 Å². The minimum Gasteiger partial charge on any atom is -0.481 e. The molecular weight excluding hydrogens is 282 g/mol. The number of unbranched alkanes of at least 4 members (excludes halogenated alkanes) is 1. The number of carbonyl (C=O) groups is 1. The number of nitrogens with zero attached hydrogens (tertiary/aromatic N) is 3. The molecule has 0 aliphatic carbocycles. The van der Waals surface area contributed by atoms with Crippen molar-refractivity contribution in [3.05, 3.63) is 60.2 Å². The lowest BCUT2D eigenvalue weighted by atomic mass is 10.1. The number of oxime groups is 1. The monoisotopic (exact) mass is 299 g/mol. The van der Waals surface area contributed by atoms with Crippen molar-refractivity contribution in [2.75, 3.05) is 6.61 Å². The highest BCUT2D eigenvalue weighted by Gasteiger charge is 2.09. The summed E-state index contributed by atoms with van der Waals surface area (Å²) >= 11 is 0. The zero-order chi connectivity index (χ0) is 15.6. The summed E-state index contributed by atoms with van der Waals surface area (Å²) in [5.74, 6) is -0.798. The molecule has 0 bridgehead atoms. The second-order valence-corrected chi connectivity index (χ2v) is 4.58. The van der Waals surface area contributed by atoms with Gasteiger partial charge in [-0.15, -0.1) is 0 Å². The predicted molar refractivity (Wildman–Crippen MR) is 81.6 cm³/mol. The fourth-order valence-corrected chi connectivity index (χ4v) is 1.82. The Morgan fingerprint density at radius 1 is 1.18 bits per heavy atom. The minimum absolute atomic E-state index is 0.142. The van der Waals surface area contributed by atoms with Gasteiger partial charge >= 0.3 is 5.97 Å². The summed E-state index contributed by atoms with van der Waals surface area (Å²) in [6.45, 7) is 0.365. The molecule has 114 valence electrons. The van der Waals surface area contributed by atoms with Crippen LogP contribution in [-0.4, -0.2) is 33.4 Å². The fourth-order valence-electron chi connectivity index (χ4n) is 1.82. The molecule has 0 unspecified atom stereocenters. The van der Waals surface area contributed by atoms with Crippen LogP contribution < -0.4 is 0 Å². The van der Waals surface area contributed by atoms with Crippen molar-refractivity contribution in [2.24, 2.45) is 5.16 Å². The van der Waals surface area contributed by atoms with Gasteiger partial charge in [0.15, 0.2) is 0 Å². The number of rotatable bonds is 8. The van der Waals surface area contributed by atoms with E-state index in [4.69, 9.17) is 9.94 Å². The first-order valence-electron chi connectivity index (χ1n) is 7.01. The Hall–Kier alpha value is -2.76. The number of aromatic nitrogens is 2. The first-order valence-corrected chi connectivity index (χ1v) is 7.01. The third-order valence-electron chi connectivity index (χ3n) is 2.89. The van der Waals surface area contributed by atoms with Gasteiger partial charge in [0.2, 0.25) is 0 Å². The van der Waals surface area contributed by atoms with Gasteiger partial charge in [-0.3, -0.25) is 14.8 Å². The summed E-state index contributed by atoms with van der Waals surface area (Å²) in [4.78, 5) is 24.0. The van der Waals surface area contributed by atoms with Crippen molar-refractivity contribution >= 4 is 11.7 Å². The van der Waals surface area contributed by atoms with Crippen LogP contribution in [0, 0.1) is 0 Å². The summed E-state index contributed by atoms with van der Waals surface area (Å²) in [5, 5.41) is 12.7. The Morgan fingerprint density at radius 2 is 2.00 bits per heavy atom. The Labute approximate surface area is 128 Å². The molecule has 2 aromatic rings. The van der Waals surface area contributed by atoms with Crippen molar-refractivity contribution in [3.63, 3.8) is 0 Å². The lowest BCUT2D eigenvalue weighted by Crippen LogP contribution is -2.07. The lowest BCUT2D eigenvalue weighted by molar-refractivity contribution is -0.137. The SMILES string of the molecule is O=C(O)CCCCO/N=C(\c1ccccc1)c1cnccn1. The van der Waals surface area contributed by atoms with E-state index in [1.807, 2.05) is 30.3 Å². The highest BCUT2D eigenvalue weighted by Crippen LogP contribution is 2.08. The molecule has 1 aromatic heterocycles. The maximum Gasteiger partial charge on any atom is 0.303 e. The molecule has 0 saturated carbocycles. The van der Waals surface area contributed by atoms with E-state index < -0.39 is 5.97 Å². The van der Waals surface area contributed by atoms with Crippen LogP contribution in [-0.2, 0) is 9.63 Å². The number of hydrogen-bond acceptors (Lipinski definition) is 5. The average Bonchev–Trinajstić information content (AvgIpc) is 2.55. The molecular formula is C16H17N3O3. The molecule has 6 nitrogen and oxygen atoms in total. The second-order valence-electron chi connectivity index (χ2n) is 4.58. The largest absolute Gasteiger partial charge is 0.481 e. The zero-order valence-electron chi connectivity index (χ0n) is 12.1. The predicted octanol–water partition coefficient (Wildman–Crippen LogP) is 2.50. The maximum absolute atomic E-state index is 10.4.